The number of aliphatic hydroxyl groups is 1. The number of hydrogen-bond donors (Lipinski definition) is 1. The average molecular weight is 345 g/mol. The van der Waals surface area contributed by atoms with Crippen LogP contribution in [0.25, 0.3) is 0 Å². The van der Waals surface area contributed by atoms with Crippen LogP contribution in [0.15, 0.2) is 30.3 Å². The molecule has 0 radical (unpaired) electrons. The Labute approximate surface area is 151 Å². The summed E-state index contributed by atoms with van der Waals surface area (Å²) < 4.78 is 0. The highest BCUT2D eigenvalue weighted by Gasteiger charge is 2.26. The van der Waals surface area contributed by atoms with Crippen molar-refractivity contribution in [2.45, 2.75) is 44.9 Å². The quantitative estimate of drug-likeness (QED) is 0.850. The van der Waals surface area contributed by atoms with Crippen LogP contribution in [0.4, 0.5) is 0 Å². The van der Waals surface area contributed by atoms with Crippen molar-refractivity contribution in [2.24, 2.45) is 0 Å². The molecule has 0 bridgehead atoms. The lowest BCUT2D eigenvalue weighted by atomic mass is 10.2. The highest BCUT2D eigenvalue weighted by atomic mass is 16.3. The number of carbonyl (C=O) groups excluding carboxylic acids is 1. The molecule has 1 N–H and O–H groups in total. The van der Waals surface area contributed by atoms with E-state index in [-0.39, 0.29) is 5.91 Å². The van der Waals surface area contributed by atoms with E-state index in [9.17, 15) is 9.90 Å². The molecule has 2 saturated heterocycles. The molecule has 0 spiro atoms. The summed E-state index contributed by atoms with van der Waals surface area (Å²) in [6.07, 6.45) is 2.23. The first-order valence-electron chi connectivity index (χ1n) is 9.58. The molecule has 0 saturated carbocycles. The number of likely N-dealkylation sites (tertiary alicyclic amines) is 1. The summed E-state index contributed by atoms with van der Waals surface area (Å²) in [7, 11) is 0. The number of aliphatic hydroxyl groups excluding tert-OH is 1. The molecular formula is C20H31N3O2. The smallest absolute Gasteiger partial charge is 0.222 e. The summed E-state index contributed by atoms with van der Waals surface area (Å²) in [4.78, 5) is 18.4. The van der Waals surface area contributed by atoms with Crippen LogP contribution in [-0.2, 0) is 11.3 Å². The van der Waals surface area contributed by atoms with E-state index in [0.717, 1.165) is 45.6 Å². The Morgan fingerprint density at radius 1 is 1.12 bits per heavy atom. The van der Waals surface area contributed by atoms with Crippen molar-refractivity contribution in [3.63, 3.8) is 0 Å². The molecule has 1 aromatic rings. The van der Waals surface area contributed by atoms with Gasteiger partial charge in [0.1, 0.15) is 0 Å². The van der Waals surface area contributed by atoms with Crippen LogP contribution in [0, 0.1) is 0 Å². The maximum absolute atomic E-state index is 11.7. The Bertz CT molecular complexity index is 551. The Balaban J connectivity index is 1.49. The third-order valence-electron chi connectivity index (χ3n) is 5.36. The van der Waals surface area contributed by atoms with Gasteiger partial charge in [0.25, 0.3) is 0 Å². The third-order valence-corrected chi connectivity index (χ3v) is 5.36. The Hall–Kier alpha value is -1.43. The average Bonchev–Trinajstić information content (AvgIpc) is 2.91. The minimum absolute atomic E-state index is 0.192. The van der Waals surface area contributed by atoms with Crippen molar-refractivity contribution in [3.05, 3.63) is 35.9 Å². The van der Waals surface area contributed by atoms with Crippen LogP contribution < -0.4 is 0 Å². The van der Waals surface area contributed by atoms with Gasteiger partial charge in [0.2, 0.25) is 5.91 Å². The van der Waals surface area contributed by atoms with Crippen molar-refractivity contribution < 1.29 is 9.90 Å². The molecule has 0 aliphatic carbocycles. The van der Waals surface area contributed by atoms with Gasteiger partial charge in [-0.1, -0.05) is 30.3 Å². The van der Waals surface area contributed by atoms with Gasteiger partial charge in [-0.2, -0.15) is 0 Å². The topological polar surface area (TPSA) is 47.0 Å². The van der Waals surface area contributed by atoms with Gasteiger partial charge in [-0.3, -0.25) is 14.6 Å². The Morgan fingerprint density at radius 2 is 1.92 bits per heavy atom. The highest BCUT2D eigenvalue weighted by Crippen LogP contribution is 2.15. The van der Waals surface area contributed by atoms with E-state index in [1.165, 1.54) is 5.56 Å². The van der Waals surface area contributed by atoms with E-state index in [1.807, 2.05) is 4.90 Å². The van der Waals surface area contributed by atoms with Gasteiger partial charge in [-0.05, 0) is 38.4 Å². The largest absolute Gasteiger partial charge is 0.390 e. The van der Waals surface area contributed by atoms with E-state index in [4.69, 9.17) is 0 Å². The van der Waals surface area contributed by atoms with E-state index < -0.39 is 6.10 Å². The van der Waals surface area contributed by atoms with Crippen molar-refractivity contribution in [1.29, 1.82) is 0 Å². The molecule has 2 fully saturated rings. The third kappa shape index (κ3) is 5.27. The van der Waals surface area contributed by atoms with Gasteiger partial charge < -0.3 is 10.0 Å². The Kier molecular flexibility index (Phi) is 6.45. The van der Waals surface area contributed by atoms with Gasteiger partial charge in [-0.25, -0.2) is 0 Å². The predicted octanol–water partition coefficient (Wildman–Crippen LogP) is 1.57. The number of β-amino-alcohol motifs (C(OH)–C–C–N with tert-alkyl or cyclic N) is 1. The first-order valence-corrected chi connectivity index (χ1v) is 9.58. The highest BCUT2D eigenvalue weighted by molar-refractivity contribution is 5.78. The fourth-order valence-electron chi connectivity index (χ4n) is 4.03. The molecule has 2 aliphatic heterocycles. The SMILES string of the molecule is C[C@@H]1CN(Cc2ccccc2)CCCN1C[C@@H](O)CN1CCCC1=O. The van der Waals surface area contributed by atoms with Crippen LogP contribution in [0.2, 0.25) is 0 Å². The van der Waals surface area contributed by atoms with Crippen molar-refractivity contribution in [3.8, 4) is 0 Å². The molecule has 138 valence electrons. The van der Waals surface area contributed by atoms with Gasteiger partial charge in [0.05, 0.1) is 6.10 Å². The lowest BCUT2D eigenvalue weighted by Gasteiger charge is -2.31. The van der Waals surface area contributed by atoms with E-state index in [2.05, 4.69) is 47.1 Å². The second-order valence-corrected chi connectivity index (χ2v) is 7.52. The zero-order valence-corrected chi connectivity index (χ0v) is 15.3. The molecule has 5 nitrogen and oxygen atoms in total. The standard InChI is InChI=1S/C20H31N3O2/c1-17-13-21(14-18-7-3-2-4-8-18)10-6-12-22(17)15-19(24)16-23-11-5-9-20(23)25/h2-4,7-8,17,19,24H,5-6,9-16H2,1H3/t17-,19-/m1/s1. The zero-order chi connectivity index (χ0) is 17.6. The first kappa shape index (κ1) is 18.4. The van der Waals surface area contributed by atoms with Crippen LogP contribution in [0.3, 0.4) is 0 Å². The minimum atomic E-state index is -0.454. The molecule has 3 rings (SSSR count). The molecule has 1 aromatic carbocycles. The van der Waals surface area contributed by atoms with Gasteiger partial charge in [-0.15, -0.1) is 0 Å². The zero-order valence-electron chi connectivity index (χ0n) is 15.3. The summed E-state index contributed by atoms with van der Waals surface area (Å²) >= 11 is 0. The van der Waals surface area contributed by atoms with Gasteiger partial charge >= 0.3 is 0 Å². The lowest BCUT2D eigenvalue weighted by Crippen LogP contribution is -2.45. The summed E-state index contributed by atoms with van der Waals surface area (Å²) in [5.74, 6) is 0.192. The molecule has 2 aliphatic rings. The van der Waals surface area contributed by atoms with Crippen LogP contribution >= 0.6 is 0 Å². The Morgan fingerprint density at radius 3 is 2.64 bits per heavy atom. The molecular weight excluding hydrogens is 314 g/mol. The number of rotatable bonds is 6. The first-order chi connectivity index (χ1) is 12.1. The maximum Gasteiger partial charge on any atom is 0.222 e. The van der Waals surface area contributed by atoms with Crippen molar-refractivity contribution in [1.82, 2.24) is 14.7 Å². The molecule has 2 atom stereocenters. The number of hydrogen-bond acceptors (Lipinski definition) is 4. The van der Waals surface area contributed by atoms with E-state index in [1.54, 1.807) is 0 Å². The monoisotopic (exact) mass is 345 g/mol. The number of amides is 1. The second kappa shape index (κ2) is 8.79. The fraction of sp³-hybridized carbons (Fsp3) is 0.650. The number of carbonyl (C=O) groups is 1. The fourth-order valence-corrected chi connectivity index (χ4v) is 4.03. The maximum atomic E-state index is 11.7. The molecule has 25 heavy (non-hydrogen) atoms. The van der Waals surface area contributed by atoms with Crippen molar-refractivity contribution >= 4 is 5.91 Å². The van der Waals surface area contributed by atoms with Crippen molar-refractivity contribution in [2.75, 3.05) is 39.3 Å². The molecule has 5 heteroatoms. The molecule has 2 heterocycles. The summed E-state index contributed by atoms with van der Waals surface area (Å²) in [5.41, 5.74) is 1.36. The molecule has 1 amide bonds. The van der Waals surface area contributed by atoms with Crippen LogP contribution in [0.5, 0.6) is 0 Å². The molecule has 0 unspecified atom stereocenters. The normalized spacial score (nSPS) is 24.5. The summed E-state index contributed by atoms with van der Waals surface area (Å²) in [6, 6.07) is 11.0. The van der Waals surface area contributed by atoms with Crippen LogP contribution in [0.1, 0.15) is 31.7 Å². The summed E-state index contributed by atoms with van der Waals surface area (Å²) in [6.45, 7) is 8.30. The number of benzene rings is 1. The minimum Gasteiger partial charge on any atom is -0.390 e. The van der Waals surface area contributed by atoms with Crippen LogP contribution in [-0.4, -0.2) is 77.1 Å². The van der Waals surface area contributed by atoms with E-state index >= 15 is 0 Å². The number of nitrogens with zero attached hydrogens (tertiary/aromatic N) is 3. The van der Waals surface area contributed by atoms with Gasteiger partial charge in [0, 0.05) is 45.2 Å². The molecule has 0 aromatic heterocycles. The van der Waals surface area contributed by atoms with E-state index in [0.29, 0.717) is 25.6 Å². The lowest BCUT2D eigenvalue weighted by molar-refractivity contribution is -0.129. The summed E-state index contributed by atoms with van der Waals surface area (Å²) in [5, 5.41) is 10.4. The van der Waals surface area contributed by atoms with Gasteiger partial charge in [0.15, 0.2) is 0 Å². The second-order valence-electron chi connectivity index (χ2n) is 7.52. The predicted molar refractivity (Wildman–Crippen MR) is 99.2 cm³/mol.